The summed E-state index contributed by atoms with van der Waals surface area (Å²) in [6, 6.07) is 12.1. The maximum absolute atomic E-state index is 13.9. The van der Waals surface area contributed by atoms with Gasteiger partial charge in [-0.1, -0.05) is 39.7 Å². The molecule has 0 aromatic heterocycles. The summed E-state index contributed by atoms with van der Waals surface area (Å²) in [7, 11) is 1.44. The highest BCUT2D eigenvalue weighted by Crippen LogP contribution is 2.57. The van der Waals surface area contributed by atoms with E-state index in [9.17, 15) is 24.3 Å². The number of para-hydroxylation sites is 1. The van der Waals surface area contributed by atoms with Gasteiger partial charge in [-0.2, -0.15) is 0 Å². The molecule has 8 heteroatoms. The van der Waals surface area contributed by atoms with Crippen LogP contribution in [0.3, 0.4) is 0 Å². The number of allylic oxidation sites excluding steroid dienone is 6. The van der Waals surface area contributed by atoms with Gasteiger partial charge in [-0.3, -0.25) is 24.1 Å². The summed E-state index contributed by atoms with van der Waals surface area (Å²) >= 11 is 3.39. The zero-order valence-electron chi connectivity index (χ0n) is 20.7. The standard InChI is InChI=1S/C30H24BrNO6/c1-14-12-22(33)26-21(27(14)34)13-20-17(24(26)18-4-3-5-23(38-2)28(18)35)10-11-19-25(20)30(37)32(29(19)36)16-8-6-15(31)7-9-16/h3-10,12,19-20,24-25,35H,11,13H2,1-2H3/t19-,20+,24+,25-/m0/s1. The Hall–Kier alpha value is -3.78. The van der Waals surface area contributed by atoms with Gasteiger partial charge >= 0.3 is 0 Å². The lowest BCUT2D eigenvalue weighted by Crippen LogP contribution is -2.39. The first-order valence-electron chi connectivity index (χ1n) is 12.4. The molecule has 1 aliphatic heterocycles. The minimum atomic E-state index is -0.731. The van der Waals surface area contributed by atoms with Gasteiger partial charge in [-0.05, 0) is 62.1 Å². The average Bonchev–Trinajstić information content (AvgIpc) is 3.16. The van der Waals surface area contributed by atoms with Crippen LogP contribution in [-0.2, 0) is 19.2 Å². The molecule has 6 rings (SSSR count). The largest absolute Gasteiger partial charge is 0.504 e. The van der Waals surface area contributed by atoms with Crippen molar-refractivity contribution in [3.63, 3.8) is 0 Å². The maximum Gasteiger partial charge on any atom is 0.238 e. The SMILES string of the molecule is COc1cccc([C@H]2C3=CC[C@@H]4C(=O)N(c5ccc(Br)cc5)C(=O)[C@@H]4[C@@H]3CC3=C2C(=O)C=C(C)C3=O)c1O. The normalized spacial score (nSPS) is 26.6. The van der Waals surface area contributed by atoms with Crippen molar-refractivity contribution in [2.45, 2.75) is 25.7 Å². The molecule has 2 aromatic carbocycles. The Labute approximate surface area is 227 Å². The smallest absolute Gasteiger partial charge is 0.238 e. The zero-order valence-corrected chi connectivity index (χ0v) is 22.3. The number of hydrogen-bond donors (Lipinski definition) is 1. The predicted octanol–water partition coefficient (Wildman–Crippen LogP) is 4.80. The van der Waals surface area contributed by atoms with E-state index in [1.807, 2.05) is 6.08 Å². The molecule has 0 unspecified atom stereocenters. The molecule has 2 amide bonds. The quantitative estimate of drug-likeness (QED) is 0.321. The summed E-state index contributed by atoms with van der Waals surface area (Å²) in [5.74, 6) is -3.41. The van der Waals surface area contributed by atoms with Crippen LogP contribution in [0, 0.1) is 17.8 Å². The molecule has 192 valence electrons. The van der Waals surface area contributed by atoms with Crippen LogP contribution >= 0.6 is 15.9 Å². The van der Waals surface area contributed by atoms with E-state index in [1.54, 1.807) is 49.4 Å². The number of hydrogen-bond acceptors (Lipinski definition) is 6. The second kappa shape index (κ2) is 8.91. The van der Waals surface area contributed by atoms with Crippen LogP contribution in [-0.4, -0.2) is 35.6 Å². The first-order chi connectivity index (χ1) is 18.2. The van der Waals surface area contributed by atoms with E-state index in [-0.39, 0.29) is 41.3 Å². The molecular weight excluding hydrogens is 550 g/mol. The van der Waals surface area contributed by atoms with Crippen LogP contribution in [0.4, 0.5) is 5.69 Å². The minimum absolute atomic E-state index is 0.118. The lowest BCUT2D eigenvalue weighted by molar-refractivity contribution is -0.123. The molecule has 0 spiro atoms. The molecule has 0 bridgehead atoms. The van der Waals surface area contributed by atoms with Gasteiger partial charge in [-0.25, -0.2) is 0 Å². The number of ketones is 2. The topological polar surface area (TPSA) is 101 Å². The fraction of sp³-hybridized carbons (Fsp3) is 0.267. The van der Waals surface area contributed by atoms with E-state index in [0.717, 1.165) is 10.0 Å². The Bertz CT molecular complexity index is 1530. The number of Topliss-reactive ketones (excluding diaryl/α,β-unsaturated/α-hetero) is 1. The number of imide groups is 1. The second-order valence-corrected chi connectivity index (χ2v) is 11.0. The molecule has 1 saturated heterocycles. The van der Waals surface area contributed by atoms with Crippen molar-refractivity contribution in [3.05, 3.63) is 86.9 Å². The van der Waals surface area contributed by atoms with E-state index < -0.39 is 23.7 Å². The summed E-state index contributed by atoms with van der Waals surface area (Å²) in [6.07, 6.45) is 3.79. The number of carbonyl (C=O) groups excluding carboxylic acids is 4. The number of benzene rings is 2. The highest BCUT2D eigenvalue weighted by molar-refractivity contribution is 9.10. The van der Waals surface area contributed by atoms with Crippen molar-refractivity contribution in [3.8, 4) is 11.5 Å². The molecule has 1 fully saturated rings. The highest BCUT2D eigenvalue weighted by atomic mass is 79.9. The van der Waals surface area contributed by atoms with Gasteiger partial charge in [0, 0.05) is 32.7 Å². The Morgan fingerprint density at radius 3 is 2.45 bits per heavy atom. The van der Waals surface area contributed by atoms with Crippen molar-refractivity contribution >= 4 is 45.0 Å². The molecule has 1 heterocycles. The van der Waals surface area contributed by atoms with Gasteiger partial charge in [0.15, 0.2) is 23.1 Å². The van der Waals surface area contributed by atoms with E-state index in [0.29, 0.717) is 34.4 Å². The van der Waals surface area contributed by atoms with Gasteiger partial charge in [0.25, 0.3) is 0 Å². The number of phenolic OH excluding ortho intramolecular Hbond substituents is 1. The number of halogens is 1. The van der Waals surface area contributed by atoms with Crippen LogP contribution in [0.15, 0.2) is 81.4 Å². The number of phenols is 1. The summed E-state index contributed by atoms with van der Waals surface area (Å²) in [4.78, 5) is 55.4. The number of amides is 2. The number of ether oxygens (including phenoxy) is 1. The third kappa shape index (κ3) is 3.46. The fourth-order valence-electron chi connectivity index (χ4n) is 6.52. The van der Waals surface area contributed by atoms with E-state index in [2.05, 4.69) is 15.9 Å². The third-order valence-corrected chi connectivity index (χ3v) is 8.74. The molecular formula is C30H24BrNO6. The zero-order chi connectivity index (χ0) is 26.9. The lowest BCUT2D eigenvalue weighted by Gasteiger charge is -2.42. The highest BCUT2D eigenvalue weighted by Gasteiger charge is 2.56. The van der Waals surface area contributed by atoms with Crippen LogP contribution in [0.25, 0.3) is 0 Å². The molecule has 0 saturated carbocycles. The Morgan fingerprint density at radius 2 is 1.74 bits per heavy atom. The van der Waals surface area contributed by atoms with Crippen molar-refractivity contribution in [1.29, 1.82) is 0 Å². The molecule has 0 radical (unpaired) electrons. The Balaban J connectivity index is 1.51. The predicted molar refractivity (Wildman–Crippen MR) is 143 cm³/mol. The van der Waals surface area contributed by atoms with Crippen LogP contribution in [0.1, 0.15) is 31.2 Å². The van der Waals surface area contributed by atoms with Crippen molar-refractivity contribution in [1.82, 2.24) is 0 Å². The number of aromatic hydroxyl groups is 1. The number of fused-ring (bicyclic) bond motifs is 3. The van der Waals surface area contributed by atoms with Crippen LogP contribution < -0.4 is 9.64 Å². The van der Waals surface area contributed by atoms with Crippen LogP contribution in [0.2, 0.25) is 0 Å². The number of anilines is 1. The molecule has 4 atom stereocenters. The van der Waals surface area contributed by atoms with Crippen LogP contribution in [0.5, 0.6) is 11.5 Å². The Morgan fingerprint density at radius 1 is 1.00 bits per heavy atom. The number of rotatable bonds is 3. The van der Waals surface area contributed by atoms with Crippen molar-refractivity contribution in [2.24, 2.45) is 17.8 Å². The van der Waals surface area contributed by atoms with E-state index >= 15 is 0 Å². The van der Waals surface area contributed by atoms with Gasteiger partial charge in [0.05, 0.1) is 24.6 Å². The average molecular weight is 574 g/mol. The molecule has 1 N–H and O–H groups in total. The number of methoxy groups -OCH3 is 1. The molecule has 38 heavy (non-hydrogen) atoms. The van der Waals surface area contributed by atoms with E-state index in [1.165, 1.54) is 18.1 Å². The number of nitrogens with zero attached hydrogens (tertiary/aromatic N) is 1. The van der Waals surface area contributed by atoms with Gasteiger partial charge in [0.2, 0.25) is 11.8 Å². The monoisotopic (exact) mass is 573 g/mol. The molecule has 3 aliphatic carbocycles. The summed E-state index contributed by atoms with van der Waals surface area (Å²) in [5, 5.41) is 11.1. The first-order valence-corrected chi connectivity index (χ1v) is 13.2. The van der Waals surface area contributed by atoms with Crippen molar-refractivity contribution in [2.75, 3.05) is 12.0 Å². The lowest BCUT2D eigenvalue weighted by atomic mass is 9.59. The third-order valence-electron chi connectivity index (χ3n) is 8.21. The molecule has 4 aliphatic rings. The van der Waals surface area contributed by atoms with E-state index in [4.69, 9.17) is 4.74 Å². The molecule has 7 nitrogen and oxygen atoms in total. The summed E-state index contributed by atoms with van der Waals surface area (Å²) in [5.41, 5.74) is 2.73. The number of carbonyl (C=O) groups is 4. The Kier molecular flexibility index (Phi) is 5.76. The second-order valence-electron chi connectivity index (χ2n) is 10.1. The molecule has 2 aromatic rings. The first kappa shape index (κ1) is 24.6. The van der Waals surface area contributed by atoms with Crippen molar-refractivity contribution < 1.29 is 29.0 Å². The minimum Gasteiger partial charge on any atom is -0.504 e. The fourth-order valence-corrected chi connectivity index (χ4v) is 6.78. The van der Waals surface area contributed by atoms with Gasteiger partial charge in [0.1, 0.15) is 0 Å². The summed E-state index contributed by atoms with van der Waals surface area (Å²) in [6.45, 7) is 1.61. The maximum atomic E-state index is 13.9. The van der Waals surface area contributed by atoms with Gasteiger partial charge in [-0.15, -0.1) is 0 Å². The van der Waals surface area contributed by atoms with Gasteiger partial charge < -0.3 is 9.84 Å². The summed E-state index contributed by atoms with van der Waals surface area (Å²) < 4.78 is 6.16.